The number of nitrogens with one attached hydrogen (secondary N) is 2. The number of hydrogen-bond acceptors (Lipinski definition) is 4. The first kappa shape index (κ1) is 19.3. The molecule has 0 saturated carbocycles. The number of amides is 2. The monoisotopic (exact) mass is 388 g/mol. The quantitative estimate of drug-likeness (QED) is 0.824. The number of rotatable bonds is 5. The van der Waals surface area contributed by atoms with Crippen molar-refractivity contribution < 1.29 is 13.2 Å². The zero-order valence-corrected chi connectivity index (χ0v) is 16.1. The molecule has 0 unspecified atom stereocenters. The van der Waals surface area contributed by atoms with Crippen LogP contribution in [0.2, 0.25) is 0 Å². The molecule has 2 heterocycles. The number of benzene rings is 1. The Balaban J connectivity index is 1.59. The summed E-state index contributed by atoms with van der Waals surface area (Å²) in [7, 11) is -3.49. The minimum Gasteiger partial charge on any atom is -0.334 e. The summed E-state index contributed by atoms with van der Waals surface area (Å²) in [6.45, 7) is 3.54. The SMILES string of the molecule is C[C@H]1CCCN(S(=O)(=O)c2ccc(NC(=O)NCc3cccnc3)cc2)C1. The van der Waals surface area contributed by atoms with Gasteiger partial charge in [-0.3, -0.25) is 4.98 Å². The number of carbonyl (C=O) groups is 1. The van der Waals surface area contributed by atoms with E-state index in [1.54, 1.807) is 34.9 Å². The van der Waals surface area contributed by atoms with Crippen molar-refractivity contribution >= 4 is 21.7 Å². The number of anilines is 1. The van der Waals surface area contributed by atoms with E-state index in [1.807, 2.05) is 6.07 Å². The average Bonchev–Trinajstić information content (AvgIpc) is 2.68. The number of pyridine rings is 1. The van der Waals surface area contributed by atoms with Gasteiger partial charge in [0.2, 0.25) is 10.0 Å². The summed E-state index contributed by atoms with van der Waals surface area (Å²) < 4.78 is 27.0. The van der Waals surface area contributed by atoms with Crippen molar-refractivity contribution in [2.45, 2.75) is 31.2 Å². The van der Waals surface area contributed by atoms with Gasteiger partial charge in [-0.15, -0.1) is 0 Å². The molecular weight excluding hydrogens is 364 g/mol. The first-order valence-electron chi connectivity index (χ1n) is 8.99. The van der Waals surface area contributed by atoms with E-state index in [1.165, 1.54) is 12.1 Å². The summed E-state index contributed by atoms with van der Waals surface area (Å²) in [5.41, 5.74) is 1.43. The van der Waals surface area contributed by atoms with Gasteiger partial charge in [0.25, 0.3) is 0 Å². The second kappa shape index (κ2) is 8.49. The van der Waals surface area contributed by atoms with Crippen LogP contribution in [0.1, 0.15) is 25.3 Å². The van der Waals surface area contributed by atoms with Gasteiger partial charge in [-0.05, 0) is 54.7 Å². The van der Waals surface area contributed by atoms with E-state index >= 15 is 0 Å². The largest absolute Gasteiger partial charge is 0.334 e. The van der Waals surface area contributed by atoms with E-state index in [-0.39, 0.29) is 10.9 Å². The molecule has 1 fully saturated rings. The van der Waals surface area contributed by atoms with Gasteiger partial charge in [-0.1, -0.05) is 13.0 Å². The van der Waals surface area contributed by atoms with Crippen LogP contribution >= 0.6 is 0 Å². The molecule has 1 aromatic carbocycles. The molecule has 144 valence electrons. The van der Waals surface area contributed by atoms with Crippen molar-refractivity contribution in [2.75, 3.05) is 18.4 Å². The summed E-state index contributed by atoms with van der Waals surface area (Å²) >= 11 is 0. The van der Waals surface area contributed by atoms with E-state index in [0.717, 1.165) is 18.4 Å². The zero-order valence-electron chi connectivity index (χ0n) is 15.3. The molecule has 27 heavy (non-hydrogen) atoms. The van der Waals surface area contributed by atoms with Crippen LogP contribution in [-0.2, 0) is 16.6 Å². The molecule has 1 atom stereocenters. The zero-order chi connectivity index (χ0) is 19.3. The highest BCUT2D eigenvalue weighted by atomic mass is 32.2. The van der Waals surface area contributed by atoms with Gasteiger partial charge >= 0.3 is 6.03 Å². The molecule has 0 radical (unpaired) electrons. The summed E-state index contributed by atoms with van der Waals surface area (Å²) in [5.74, 6) is 0.373. The average molecular weight is 388 g/mol. The summed E-state index contributed by atoms with van der Waals surface area (Å²) in [6.07, 6.45) is 5.30. The smallest absolute Gasteiger partial charge is 0.319 e. The molecule has 2 amide bonds. The van der Waals surface area contributed by atoms with Crippen LogP contribution < -0.4 is 10.6 Å². The lowest BCUT2D eigenvalue weighted by Gasteiger charge is -2.30. The standard InChI is InChI=1S/C19H24N4O3S/c1-15-4-3-11-23(14-15)27(25,26)18-8-6-17(7-9-18)22-19(24)21-13-16-5-2-10-20-12-16/h2,5-10,12,15H,3-4,11,13-14H2,1H3,(H2,21,22,24)/t15-/m0/s1. The normalized spacial score (nSPS) is 18.0. The predicted octanol–water partition coefficient (Wildman–Crippen LogP) is 2.82. The third-order valence-corrected chi connectivity index (χ3v) is 6.42. The van der Waals surface area contributed by atoms with Crippen LogP contribution in [0.25, 0.3) is 0 Å². The second-order valence-corrected chi connectivity index (χ2v) is 8.74. The number of nitrogens with zero attached hydrogens (tertiary/aromatic N) is 2. The van der Waals surface area contributed by atoms with Gasteiger partial charge < -0.3 is 10.6 Å². The van der Waals surface area contributed by atoms with Crippen LogP contribution in [0.4, 0.5) is 10.5 Å². The Morgan fingerprint density at radius 1 is 1.26 bits per heavy atom. The van der Waals surface area contributed by atoms with E-state index in [9.17, 15) is 13.2 Å². The Kier molecular flexibility index (Phi) is 6.08. The van der Waals surface area contributed by atoms with Crippen LogP contribution in [0, 0.1) is 5.92 Å². The fraction of sp³-hybridized carbons (Fsp3) is 0.368. The van der Waals surface area contributed by atoms with Crippen molar-refractivity contribution in [2.24, 2.45) is 5.92 Å². The highest BCUT2D eigenvalue weighted by molar-refractivity contribution is 7.89. The third-order valence-electron chi connectivity index (χ3n) is 4.55. The maximum absolute atomic E-state index is 12.7. The number of aromatic nitrogens is 1. The predicted molar refractivity (Wildman–Crippen MR) is 104 cm³/mol. The number of sulfonamides is 1. The van der Waals surface area contributed by atoms with Crippen molar-refractivity contribution in [3.63, 3.8) is 0 Å². The summed E-state index contributed by atoms with van der Waals surface area (Å²) in [4.78, 5) is 16.2. The first-order valence-corrected chi connectivity index (χ1v) is 10.4. The van der Waals surface area contributed by atoms with Crippen LogP contribution in [-0.4, -0.2) is 36.8 Å². The van der Waals surface area contributed by atoms with Crippen molar-refractivity contribution in [1.82, 2.24) is 14.6 Å². The Bertz CT molecular complexity index is 870. The Morgan fingerprint density at radius 2 is 2.04 bits per heavy atom. The Morgan fingerprint density at radius 3 is 2.70 bits per heavy atom. The van der Waals surface area contributed by atoms with Crippen LogP contribution in [0.5, 0.6) is 0 Å². The molecule has 0 aliphatic carbocycles. The number of piperidine rings is 1. The Labute approximate surface area is 159 Å². The number of urea groups is 1. The molecule has 0 spiro atoms. The van der Waals surface area contributed by atoms with Crippen molar-refractivity contribution in [1.29, 1.82) is 0 Å². The van der Waals surface area contributed by atoms with Gasteiger partial charge in [0.1, 0.15) is 0 Å². The fourth-order valence-electron chi connectivity index (χ4n) is 3.08. The highest BCUT2D eigenvalue weighted by Crippen LogP contribution is 2.24. The van der Waals surface area contributed by atoms with E-state index in [2.05, 4.69) is 22.5 Å². The topological polar surface area (TPSA) is 91.4 Å². The summed E-state index contributed by atoms with van der Waals surface area (Å²) in [6, 6.07) is 9.58. The minimum atomic E-state index is -3.49. The van der Waals surface area contributed by atoms with E-state index < -0.39 is 10.0 Å². The molecule has 1 aromatic heterocycles. The molecular formula is C19H24N4O3S. The van der Waals surface area contributed by atoms with Gasteiger partial charge in [0, 0.05) is 37.7 Å². The lowest BCUT2D eigenvalue weighted by atomic mass is 10.0. The van der Waals surface area contributed by atoms with Crippen LogP contribution in [0.3, 0.4) is 0 Å². The molecule has 3 rings (SSSR count). The van der Waals surface area contributed by atoms with Gasteiger partial charge in [-0.25, -0.2) is 13.2 Å². The fourth-order valence-corrected chi connectivity index (χ4v) is 4.68. The van der Waals surface area contributed by atoms with Crippen molar-refractivity contribution in [3.05, 3.63) is 54.4 Å². The van der Waals surface area contributed by atoms with Gasteiger partial charge in [0.15, 0.2) is 0 Å². The molecule has 1 saturated heterocycles. The molecule has 1 aliphatic heterocycles. The second-order valence-electron chi connectivity index (χ2n) is 6.80. The van der Waals surface area contributed by atoms with Crippen LogP contribution in [0.15, 0.2) is 53.7 Å². The molecule has 0 bridgehead atoms. The lowest BCUT2D eigenvalue weighted by molar-refractivity contribution is 0.251. The third kappa shape index (κ3) is 5.05. The number of carbonyl (C=O) groups excluding carboxylic acids is 1. The highest BCUT2D eigenvalue weighted by Gasteiger charge is 2.28. The Hall–Kier alpha value is -2.45. The molecule has 8 heteroatoms. The molecule has 7 nitrogen and oxygen atoms in total. The lowest BCUT2D eigenvalue weighted by Crippen LogP contribution is -2.39. The van der Waals surface area contributed by atoms with Gasteiger partial charge in [-0.2, -0.15) is 4.31 Å². The molecule has 2 N–H and O–H groups in total. The molecule has 1 aliphatic rings. The maximum Gasteiger partial charge on any atom is 0.319 e. The van der Waals surface area contributed by atoms with Gasteiger partial charge in [0.05, 0.1) is 4.90 Å². The van der Waals surface area contributed by atoms with Crippen molar-refractivity contribution in [3.8, 4) is 0 Å². The number of hydrogen-bond donors (Lipinski definition) is 2. The summed E-state index contributed by atoms with van der Waals surface area (Å²) in [5, 5.41) is 5.43. The minimum absolute atomic E-state index is 0.248. The van der Waals surface area contributed by atoms with E-state index in [0.29, 0.717) is 31.2 Å². The first-order chi connectivity index (χ1) is 12.9. The maximum atomic E-state index is 12.7. The van der Waals surface area contributed by atoms with E-state index in [4.69, 9.17) is 0 Å². The molecule has 2 aromatic rings.